The summed E-state index contributed by atoms with van der Waals surface area (Å²) in [5, 5.41) is 11.1. The highest BCUT2D eigenvalue weighted by atomic mass is 16.2. The minimum Gasteiger partial charge on any atom is -0.352 e. The van der Waals surface area contributed by atoms with Crippen LogP contribution in [0.4, 0.5) is 0 Å². The molecular formula is C21H28N4O. The summed E-state index contributed by atoms with van der Waals surface area (Å²) < 4.78 is 1.81. The molecule has 1 amide bonds. The lowest BCUT2D eigenvalue weighted by atomic mass is 9.79. The Hall–Kier alpha value is -2.14. The Morgan fingerprint density at radius 3 is 2.69 bits per heavy atom. The Bertz CT molecular complexity index is 741. The van der Waals surface area contributed by atoms with Crippen LogP contribution in [0.3, 0.4) is 0 Å². The van der Waals surface area contributed by atoms with E-state index in [9.17, 15) is 4.79 Å². The zero-order chi connectivity index (χ0) is 17.9. The minimum absolute atomic E-state index is 0.0162. The standard InChI is InChI=1S/C21H28N4O/c1-25-14-16(11-23-25)18-12-22-13-19(18)21(26)24-20-10-6-5-9-17(20)15-7-3-2-4-8-15/h2-4,7-8,11,14,17-20,22H,5-6,9-10,12-13H2,1H3,(H,24,26)/t17?,18-,19+,20?/m1/s1. The molecule has 4 atom stereocenters. The number of aryl methyl sites for hydroxylation is 1. The summed E-state index contributed by atoms with van der Waals surface area (Å²) in [4.78, 5) is 13.1. The predicted molar refractivity (Wildman–Crippen MR) is 102 cm³/mol. The second-order valence-electron chi connectivity index (χ2n) is 7.74. The van der Waals surface area contributed by atoms with Gasteiger partial charge in [0.1, 0.15) is 0 Å². The van der Waals surface area contributed by atoms with E-state index in [1.54, 1.807) is 0 Å². The van der Waals surface area contributed by atoms with Crippen LogP contribution in [-0.2, 0) is 11.8 Å². The number of nitrogens with one attached hydrogen (secondary N) is 2. The molecule has 1 saturated heterocycles. The van der Waals surface area contributed by atoms with Gasteiger partial charge in [-0.2, -0.15) is 5.10 Å². The highest BCUT2D eigenvalue weighted by Gasteiger charge is 2.37. The van der Waals surface area contributed by atoms with Crippen molar-refractivity contribution in [2.45, 2.75) is 43.6 Å². The van der Waals surface area contributed by atoms with E-state index in [0.717, 1.165) is 31.5 Å². The van der Waals surface area contributed by atoms with Gasteiger partial charge in [-0.15, -0.1) is 0 Å². The van der Waals surface area contributed by atoms with Crippen molar-refractivity contribution in [1.82, 2.24) is 20.4 Å². The number of benzene rings is 1. The molecule has 0 spiro atoms. The summed E-state index contributed by atoms with van der Waals surface area (Å²) in [7, 11) is 1.92. The van der Waals surface area contributed by atoms with Crippen LogP contribution >= 0.6 is 0 Å². The number of nitrogens with zero attached hydrogens (tertiary/aromatic N) is 2. The average molecular weight is 352 g/mol. The maximum absolute atomic E-state index is 13.1. The first-order chi connectivity index (χ1) is 12.7. The van der Waals surface area contributed by atoms with E-state index in [1.807, 2.05) is 24.1 Å². The van der Waals surface area contributed by atoms with Crippen LogP contribution in [0.5, 0.6) is 0 Å². The van der Waals surface area contributed by atoms with Crippen LogP contribution in [0.2, 0.25) is 0 Å². The Balaban J connectivity index is 1.47. The summed E-state index contributed by atoms with van der Waals surface area (Å²) in [6.07, 6.45) is 8.60. The molecular weight excluding hydrogens is 324 g/mol. The molecule has 2 aliphatic rings. The fraction of sp³-hybridized carbons (Fsp3) is 0.524. The lowest BCUT2D eigenvalue weighted by Crippen LogP contribution is -2.45. The highest BCUT2D eigenvalue weighted by molar-refractivity contribution is 5.81. The first-order valence-electron chi connectivity index (χ1n) is 9.77. The van der Waals surface area contributed by atoms with Gasteiger partial charge in [-0.1, -0.05) is 43.2 Å². The zero-order valence-electron chi connectivity index (χ0n) is 15.4. The highest BCUT2D eigenvalue weighted by Crippen LogP contribution is 2.34. The fourth-order valence-corrected chi connectivity index (χ4v) is 4.63. The average Bonchev–Trinajstić information content (AvgIpc) is 3.31. The number of carbonyl (C=O) groups excluding carboxylic acids is 1. The van der Waals surface area contributed by atoms with E-state index < -0.39 is 0 Å². The van der Waals surface area contributed by atoms with Crippen molar-refractivity contribution in [1.29, 1.82) is 0 Å². The van der Waals surface area contributed by atoms with E-state index in [1.165, 1.54) is 18.4 Å². The van der Waals surface area contributed by atoms with Gasteiger partial charge >= 0.3 is 0 Å². The molecule has 5 heteroatoms. The van der Waals surface area contributed by atoms with Gasteiger partial charge in [0, 0.05) is 44.2 Å². The molecule has 0 bridgehead atoms. The molecule has 2 aromatic rings. The van der Waals surface area contributed by atoms with E-state index in [0.29, 0.717) is 5.92 Å². The third kappa shape index (κ3) is 3.54. The van der Waals surface area contributed by atoms with Crippen molar-refractivity contribution < 1.29 is 4.79 Å². The molecule has 2 heterocycles. The van der Waals surface area contributed by atoms with Crippen LogP contribution in [-0.4, -0.2) is 34.8 Å². The molecule has 0 radical (unpaired) electrons. The van der Waals surface area contributed by atoms with Crippen molar-refractivity contribution in [2.75, 3.05) is 13.1 Å². The monoisotopic (exact) mass is 352 g/mol. The molecule has 2 N–H and O–H groups in total. The van der Waals surface area contributed by atoms with Gasteiger partial charge in [-0.05, 0) is 24.0 Å². The normalized spacial score (nSPS) is 28.8. The molecule has 1 aliphatic heterocycles. The van der Waals surface area contributed by atoms with Gasteiger partial charge in [0.2, 0.25) is 5.91 Å². The molecule has 2 fully saturated rings. The third-order valence-electron chi connectivity index (χ3n) is 6.03. The molecule has 2 unspecified atom stereocenters. The molecule has 26 heavy (non-hydrogen) atoms. The molecule has 5 nitrogen and oxygen atoms in total. The smallest absolute Gasteiger partial charge is 0.225 e. The Kier molecular flexibility index (Phi) is 5.07. The van der Waals surface area contributed by atoms with Crippen molar-refractivity contribution in [3.05, 3.63) is 53.9 Å². The quantitative estimate of drug-likeness (QED) is 0.889. The second-order valence-corrected chi connectivity index (χ2v) is 7.74. The summed E-state index contributed by atoms with van der Waals surface area (Å²) in [5.41, 5.74) is 2.51. The van der Waals surface area contributed by atoms with Crippen molar-refractivity contribution in [3.63, 3.8) is 0 Å². The first kappa shape index (κ1) is 17.3. The van der Waals surface area contributed by atoms with E-state index in [4.69, 9.17) is 0 Å². The van der Waals surface area contributed by atoms with Gasteiger partial charge in [-0.25, -0.2) is 0 Å². The number of carbonyl (C=O) groups is 1. The van der Waals surface area contributed by atoms with Gasteiger partial charge in [0.15, 0.2) is 0 Å². The maximum Gasteiger partial charge on any atom is 0.225 e. The second kappa shape index (κ2) is 7.62. The Morgan fingerprint density at radius 2 is 1.92 bits per heavy atom. The van der Waals surface area contributed by atoms with Gasteiger partial charge in [-0.3, -0.25) is 9.48 Å². The number of hydrogen-bond acceptors (Lipinski definition) is 3. The van der Waals surface area contributed by atoms with Crippen molar-refractivity contribution >= 4 is 5.91 Å². The summed E-state index contributed by atoms with van der Waals surface area (Å²) >= 11 is 0. The number of amides is 1. The fourth-order valence-electron chi connectivity index (χ4n) is 4.63. The van der Waals surface area contributed by atoms with Crippen LogP contribution in [0.25, 0.3) is 0 Å². The number of hydrogen-bond donors (Lipinski definition) is 2. The third-order valence-corrected chi connectivity index (χ3v) is 6.03. The van der Waals surface area contributed by atoms with Crippen LogP contribution in [0, 0.1) is 5.92 Å². The van der Waals surface area contributed by atoms with Crippen molar-refractivity contribution in [2.24, 2.45) is 13.0 Å². The minimum atomic E-state index is -0.0162. The molecule has 4 rings (SSSR count). The number of aromatic nitrogens is 2. The SMILES string of the molecule is Cn1cc([C@H]2CNC[C@@H]2C(=O)NC2CCCCC2c2ccccc2)cn1. The Morgan fingerprint density at radius 1 is 1.12 bits per heavy atom. The molecule has 138 valence electrons. The van der Waals surface area contributed by atoms with E-state index in [2.05, 4.69) is 46.1 Å². The predicted octanol–water partition coefficient (Wildman–Crippen LogP) is 2.57. The van der Waals surface area contributed by atoms with Gasteiger partial charge in [0.05, 0.1) is 12.1 Å². The molecule has 1 saturated carbocycles. The topological polar surface area (TPSA) is 59.0 Å². The number of rotatable bonds is 4. The van der Waals surface area contributed by atoms with Gasteiger partial charge in [0.25, 0.3) is 0 Å². The van der Waals surface area contributed by atoms with Crippen LogP contribution in [0.15, 0.2) is 42.7 Å². The zero-order valence-corrected chi connectivity index (χ0v) is 15.4. The largest absolute Gasteiger partial charge is 0.352 e. The van der Waals surface area contributed by atoms with E-state index in [-0.39, 0.29) is 23.8 Å². The first-order valence-corrected chi connectivity index (χ1v) is 9.77. The molecule has 1 aromatic heterocycles. The lowest BCUT2D eigenvalue weighted by Gasteiger charge is -2.33. The van der Waals surface area contributed by atoms with Crippen LogP contribution < -0.4 is 10.6 Å². The lowest BCUT2D eigenvalue weighted by molar-refractivity contribution is -0.125. The van der Waals surface area contributed by atoms with E-state index >= 15 is 0 Å². The maximum atomic E-state index is 13.1. The summed E-state index contributed by atoms with van der Waals surface area (Å²) in [5.74, 6) is 0.816. The van der Waals surface area contributed by atoms with Crippen LogP contribution in [0.1, 0.15) is 48.6 Å². The summed E-state index contributed by atoms with van der Waals surface area (Å²) in [6, 6.07) is 10.9. The van der Waals surface area contributed by atoms with Gasteiger partial charge < -0.3 is 10.6 Å². The van der Waals surface area contributed by atoms with Crippen molar-refractivity contribution in [3.8, 4) is 0 Å². The Labute approximate surface area is 155 Å². The molecule has 1 aliphatic carbocycles. The molecule has 1 aromatic carbocycles. The summed E-state index contributed by atoms with van der Waals surface area (Å²) in [6.45, 7) is 1.59.